The van der Waals surface area contributed by atoms with E-state index in [1.807, 2.05) is 0 Å². The molecule has 1 fully saturated rings. The van der Waals surface area contributed by atoms with E-state index in [4.69, 9.17) is 5.73 Å². The van der Waals surface area contributed by atoms with E-state index < -0.39 is 0 Å². The molecular weight excluding hydrogens is 264 g/mol. The average molecular weight is 283 g/mol. The van der Waals surface area contributed by atoms with Gasteiger partial charge in [0.05, 0.1) is 0 Å². The standard InChI is InChI=1S/C13H19BrN2/c1-10-6-12(7-15)9-16(10)8-11-2-4-13(14)5-3-11/h2-5,10,12H,6-9,15H2,1H3. The van der Waals surface area contributed by atoms with Gasteiger partial charge >= 0.3 is 0 Å². The average Bonchev–Trinajstić information content (AvgIpc) is 2.63. The monoisotopic (exact) mass is 282 g/mol. The van der Waals surface area contributed by atoms with Crippen molar-refractivity contribution in [3.8, 4) is 0 Å². The minimum atomic E-state index is 0.664. The van der Waals surface area contributed by atoms with Crippen LogP contribution in [0.2, 0.25) is 0 Å². The number of nitrogens with two attached hydrogens (primary N) is 1. The lowest BCUT2D eigenvalue weighted by atomic mass is 10.1. The van der Waals surface area contributed by atoms with Gasteiger partial charge in [0.2, 0.25) is 0 Å². The molecule has 88 valence electrons. The third kappa shape index (κ3) is 2.84. The van der Waals surface area contributed by atoms with Gasteiger partial charge in [-0.25, -0.2) is 0 Å². The van der Waals surface area contributed by atoms with E-state index in [9.17, 15) is 0 Å². The molecule has 1 aliphatic heterocycles. The highest BCUT2D eigenvalue weighted by Gasteiger charge is 2.27. The van der Waals surface area contributed by atoms with Crippen molar-refractivity contribution in [2.75, 3.05) is 13.1 Å². The van der Waals surface area contributed by atoms with E-state index in [1.54, 1.807) is 0 Å². The molecule has 2 N–H and O–H groups in total. The number of halogens is 1. The van der Waals surface area contributed by atoms with Crippen molar-refractivity contribution in [1.29, 1.82) is 0 Å². The van der Waals surface area contributed by atoms with Crippen molar-refractivity contribution in [3.63, 3.8) is 0 Å². The zero-order valence-electron chi connectivity index (χ0n) is 9.70. The summed E-state index contributed by atoms with van der Waals surface area (Å²) in [5.74, 6) is 0.686. The van der Waals surface area contributed by atoms with Crippen molar-refractivity contribution >= 4 is 15.9 Å². The van der Waals surface area contributed by atoms with Crippen molar-refractivity contribution in [1.82, 2.24) is 4.90 Å². The number of benzene rings is 1. The van der Waals surface area contributed by atoms with Crippen LogP contribution in [0, 0.1) is 5.92 Å². The summed E-state index contributed by atoms with van der Waals surface area (Å²) in [5.41, 5.74) is 7.12. The van der Waals surface area contributed by atoms with Crippen molar-refractivity contribution in [3.05, 3.63) is 34.3 Å². The summed E-state index contributed by atoms with van der Waals surface area (Å²) in [6.45, 7) is 5.31. The summed E-state index contributed by atoms with van der Waals surface area (Å²) in [4.78, 5) is 2.53. The van der Waals surface area contributed by atoms with Gasteiger partial charge < -0.3 is 5.73 Å². The second kappa shape index (κ2) is 5.30. The minimum absolute atomic E-state index is 0.664. The Morgan fingerprint density at radius 1 is 1.38 bits per heavy atom. The zero-order valence-corrected chi connectivity index (χ0v) is 11.3. The molecule has 0 aliphatic carbocycles. The fourth-order valence-electron chi connectivity index (χ4n) is 2.43. The van der Waals surface area contributed by atoms with Crippen LogP contribution in [-0.2, 0) is 6.54 Å². The van der Waals surface area contributed by atoms with E-state index in [2.05, 4.69) is 52.0 Å². The van der Waals surface area contributed by atoms with Crippen LogP contribution < -0.4 is 5.73 Å². The smallest absolute Gasteiger partial charge is 0.0236 e. The topological polar surface area (TPSA) is 29.3 Å². The fourth-order valence-corrected chi connectivity index (χ4v) is 2.70. The van der Waals surface area contributed by atoms with Gasteiger partial charge in [-0.2, -0.15) is 0 Å². The Morgan fingerprint density at radius 2 is 2.06 bits per heavy atom. The summed E-state index contributed by atoms with van der Waals surface area (Å²) < 4.78 is 1.14. The molecule has 1 heterocycles. The summed E-state index contributed by atoms with van der Waals surface area (Å²) in [5, 5.41) is 0. The lowest BCUT2D eigenvalue weighted by Crippen LogP contribution is -2.27. The van der Waals surface area contributed by atoms with E-state index in [0.29, 0.717) is 12.0 Å². The van der Waals surface area contributed by atoms with Crippen LogP contribution in [0.1, 0.15) is 18.9 Å². The minimum Gasteiger partial charge on any atom is -0.330 e. The molecule has 2 rings (SSSR count). The highest BCUT2D eigenvalue weighted by Crippen LogP contribution is 2.24. The molecule has 0 bridgehead atoms. The Morgan fingerprint density at radius 3 is 2.62 bits per heavy atom. The predicted octanol–water partition coefficient (Wildman–Crippen LogP) is 2.62. The maximum absolute atomic E-state index is 5.74. The molecule has 3 heteroatoms. The molecule has 1 aliphatic rings. The SMILES string of the molecule is CC1CC(CN)CN1Cc1ccc(Br)cc1. The maximum atomic E-state index is 5.74. The van der Waals surface area contributed by atoms with Crippen molar-refractivity contribution in [2.24, 2.45) is 11.7 Å². The highest BCUT2D eigenvalue weighted by molar-refractivity contribution is 9.10. The second-order valence-electron chi connectivity index (χ2n) is 4.74. The molecule has 2 atom stereocenters. The number of rotatable bonds is 3. The number of hydrogen-bond acceptors (Lipinski definition) is 2. The van der Waals surface area contributed by atoms with Gasteiger partial charge in [0.15, 0.2) is 0 Å². The van der Waals surface area contributed by atoms with Crippen LogP contribution in [0.25, 0.3) is 0 Å². The van der Waals surface area contributed by atoms with Gasteiger partial charge in [-0.05, 0) is 43.5 Å². The molecule has 0 saturated carbocycles. The number of nitrogens with zero attached hydrogens (tertiary/aromatic N) is 1. The van der Waals surface area contributed by atoms with E-state index in [1.165, 1.54) is 12.0 Å². The Balaban J connectivity index is 1.97. The Bertz CT molecular complexity index is 336. The van der Waals surface area contributed by atoms with Gasteiger partial charge in [0.25, 0.3) is 0 Å². The van der Waals surface area contributed by atoms with Gasteiger partial charge in [-0.3, -0.25) is 4.90 Å². The van der Waals surface area contributed by atoms with E-state index in [0.717, 1.165) is 24.1 Å². The van der Waals surface area contributed by atoms with Crippen LogP contribution in [0.3, 0.4) is 0 Å². The largest absolute Gasteiger partial charge is 0.330 e. The summed E-state index contributed by atoms with van der Waals surface area (Å²) in [6, 6.07) is 9.25. The first-order valence-corrected chi connectivity index (χ1v) is 6.67. The second-order valence-corrected chi connectivity index (χ2v) is 5.66. The van der Waals surface area contributed by atoms with Crippen molar-refractivity contribution < 1.29 is 0 Å². The summed E-state index contributed by atoms with van der Waals surface area (Å²) in [7, 11) is 0. The van der Waals surface area contributed by atoms with Crippen LogP contribution >= 0.6 is 15.9 Å². The fraction of sp³-hybridized carbons (Fsp3) is 0.538. The van der Waals surface area contributed by atoms with Crippen LogP contribution in [0.15, 0.2) is 28.7 Å². The lowest BCUT2D eigenvalue weighted by molar-refractivity contribution is 0.256. The third-order valence-corrected chi connectivity index (χ3v) is 3.95. The Kier molecular flexibility index (Phi) is 4.00. The first kappa shape index (κ1) is 12.1. The number of hydrogen-bond donors (Lipinski definition) is 1. The maximum Gasteiger partial charge on any atom is 0.0236 e. The molecule has 2 nitrogen and oxygen atoms in total. The third-order valence-electron chi connectivity index (χ3n) is 3.42. The van der Waals surface area contributed by atoms with Gasteiger partial charge in [0, 0.05) is 23.6 Å². The van der Waals surface area contributed by atoms with Crippen LogP contribution in [0.4, 0.5) is 0 Å². The molecule has 16 heavy (non-hydrogen) atoms. The normalized spacial score (nSPS) is 26.2. The van der Waals surface area contributed by atoms with Crippen molar-refractivity contribution in [2.45, 2.75) is 25.9 Å². The summed E-state index contributed by atoms with van der Waals surface area (Å²) in [6.07, 6.45) is 1.24. The predicted molar refractivity (Wildman–Crippen MR) is 71.2 cm³/mol. The highest BCUT2D eigenvalue weighted by atomic mass is 79.9. The molecule has 1 saturated heterocycles. The Labute approximate surface area is 106 Å². The molecule has 0 spiro atoms. The first-order chi connectivity index (χ1) is 7.69. The van der Waals surface area contributed by atoms with Gasteiger partial charge in [0.1, 0.15) is 0 Å². The first-order valence-electron chi connectivity index (χ1n) is 5.87. The number of likely N-dealkylation sites (tertiary alicyclic amines) is 1. The zero-order chi connectivity index (χ0) is 11.5. The van der Waals surface area contributed by atoms with Gasteiger partial charge in [-0.1, -0.05) is 28.1 Å². The molecule has 2 unspecified atom stereocenters. The lowest BCUT2D eigenvalue weighted by Gasteiger charge is -2.21. The molecule has 0 radical (unpaired) electrons. The molecule has 0 aromatic heterocycles. The van der Waals surface area contributed by atoms with Crippen LogP contribution in [0.5, 0.6) is 0 Å². The molecule has 1 aromatic rings. The summed E-state index contributed by atoms with van der Waals surface area (Å²) >= 11 is 3.46. The van der Waals surface area contributed by atoms with Gasteiger partial charge in [-0.15, -0.1) is 0 Å². The molecule has 0 amide bonds. The molecule has 1 aromatic carbocycles. The van der Waals surface area contributed by atoms with E-state index in [-0.39, 0.29) is 0 Å². The quantitative estimate of drug-likeness (QED) is 0.924. The van der Waals surface area contributed by atoms with Crippen LogP contribution in [-0.4, -0.2) is 24.0 Å². The van der Waals surface area contributed by atoms with E-state index >= 15 is 0 Å². The Hall–Kier alpha value is -0.380. The molecular formula is C13H19BrN2.